The van der Waals surface area contributed by atoms with Gasteiger partial charge in [-0.1, -0.05) is 48.5 Å². The first kappa shape index (κ1) is 14.9. The van der Waals surface area contributed by atoms with Gasteiger partial charge >= 0.3 is 0 Å². The largest absolute Gasteiger partial charge is 0.493 e. The highest BCUT2D eigenvalue weighted by Crippen LogP contribution is 2.31. The van der Waals surface area contributed by atoms with E-state index in [-0.39, 0.29) is 6.04 Å². The Bertz CT molecular complexity index is 630. The average Bonchev–Trinajstić information content (AvgIpc) is 2.56. The van der Waals surface area contributed by atoms with Crippen LogP contribution in [0.3, 0.4) is 0 Å². The van der Waals surface area contributed by atoms with Gasteiger partial charge in [-0.05, 0) is 30.3 Å². The Hall–Kier alpha value is -2.07. The Morgan fingerprint density at radius 2 is 1.86 bits per heavy atom. The van der Waals surface area contributed by atoms with E-state index in [0.29, 0.717) is 5.11 Å². The number of ether oxygens (including phenoxy) is 1. The van der Waals surface area contributed by atoms with Crippen LogP contribution in [0.15, 0.2) is 54.6 Å². The number of nitrogens with one attached hydrogen (secondary N) is 2. The third-order valence-electron chi connectivity index (χ3n) is 3.81. The molecule has 1 aliphatic heterocycles. The maximum absolute atomic E-state index is 5.67. The summed E-state index contributed by atoms with van der Waals surface area (Å²) in [6, 6.07) is 18.8. The molecule has 3 rings (SSSR count). The van der Waals surface area contributed by atoms with Crippen LogP contribution in [0, 0.1) is 0 Å². The number of rotatable bonds is 4. The predicted molar refractivity (Wildman–Crippen MR) is 93.2 cm³/mol. The molecule has 1 aliphatic rings. The molecule has 0 saturated heterocycles. The summed E-state index contributed by atoms with van der Waals surface area (Å²) in [7, 11) is 0. The molecule has 0 aliphatic carbocycles. The van der Waals surface area contributed by atoms with E-state index in [0.717, 1.165) is 31.7 Å². The van der Waals surface area contributed by atoms with Crippen LogP contribution in [-0.4, -0.2) is 18.3 Å². The minimum absolute atomic E-state index is 0.224. The van der Waals surface area contributed by atoms with Crippen molar-refractivity contribution in [3.8, 4) is 5.75 Å². The Kier molecular flexibility index (Phi) is 4.91. The minimum Gasteiger partial charge on any atom is -0.493 e. The molecule has 114 valence electrons. The molecule has 0 bridgehead atoms. The van der Waals surface area contributed by atoms with E-state index in [1.165, 1.54) is 11.1 Å². The standard InChI is InChI=1S/C18H20N2OS/c22-18(19-12-10-14-6-2-1-3-7-14)20-16-11-13-21-17-9-5-4-8-15(16)17/h1-9,16H,10-13H2,(H2,19,20,22)/t16-/m0/s1. The molecule has 2 aromatic rings. The van der Waals surface area contributed by atoms with Crippen LogP contribution in [0.2, 0.25) is 0 Å². The number of thiocarbonyl (C=S) groups is 1. The van der Waals surface area contributed by atoms with E-state index < -0.39 is 0 Å². The van der Waals surface area contributed by atoms with E-state index in [1.54, 1.807) is 0 Å². The first-order valence-corrected chi connectivity index (χ1v) is 8.04. The van der Waals surface area contributed by atoms with E-state index >= 15 is 0 Å². The van der Waals surface area contributed by atoms with Gasteiger partial charge in [-0.25, -0.2) is 0 Å². The van der Waals surface area contributed by atoms with Crippen LogP contribution in [0.4, 0.5) is 0 Å². The molecule has 3 nitrogen and oxygen atoms in total. The van der Waals surface area contributed by atoms with Crippen molar-refractivity contribution in [2.24, 2.45) is 0 Å². The topological polar surface area (TPSA) is 33.3 Å². The highest BCUT2D eigenvalue weighted by Gasteiger charge is 2.21. The molecule has 1 heterocycles. The average molecular weight is 312 g/mol. The number of hydrogen-bond acceptors (Lipinski definition) is 2. The molecule has 0 fully saturated rings. The Morgan fingerprint density at radius 3 is 2.73 bits per heavy atom. The van der Waals surface area contributed by atoms with Crippen LogP contribution in [0.1, 0.15) is 23.6 Å². The van der Waals surface area contributed by atoms with Gasteiger partial charge in [0.05, 0.1) is 12.6 Å². The summed E-state index contributed by atoms with van der Waals surface area (Å²) in [6.45, 7) is 1.56. The molecule has 0 unspecified atom stereocenters. The number of fused-ring (bicyclic) bond motifs is 1. The quantitative estimate of drug-likeness (QED) is 0.849. The molecule has 2 aromatic carbocycles. The van der Waals surface area contributed by atoms with E-state index in [1.807, 2.05) is 24.3 Å². The Balaban J connectivity index is 1.50. The zero-order valence-electron chi connectivity index (χ0n) is 12.4. The molecule has 4 heteroatoms. The fourth-order valence-electron chi connectivity index (χ4n) is 2.67. The highest BCUT2D eigenvalue weighted by atomic mass is 32.1. The summed E-state index contributed by atoms with van der Waals surface area (Å²) in [6.07, 6.45) is 1.89. The summed E-state index contributed by atoms with van der Waals surface area (Å²) >= 11 is 5.42. The van der Waals surface area contributed by atoms with Crippen LogP contribution in [0.25, 0.3) is 0 Å². The minimum atomic E-state index is 0.224. The van der Waals surface area contributed by atoms with Gasteiger partial charge < -0.3 is 15.4 Å². The summed E-state index contributed by atoms with van der Waals surface area (Å²) in [4.78, 5) is 0. The van der Waals surface area contributed by atoms with Crippen molar-refractivity contribution < 1.29 is 4.74 Å². The van der Waals surface area contributed by atoms with Crippen molar-refractivity contribution in [3.05, 3.63) is 65.7 Å². The van der Waals surface area contributed by atoms with Crippen LogP contribution in [0.5, 0.6) is 5.75 Å². The maximum Gasteiger partial charge on any atom is 0.166 e. The van der Waals surface area contributed by atoms with Crippen molar-refractivity contribution in [3.63, 3.8) is 0 Å². The van der Waals surface area contributed by atoms with Crippen molar-refractivity contribution in [2.75, 3.05) is 13.2 Å². The van der Waals surface area contributed by atoms with Crippen LogP contribution < -0.4 is 15.4 Å². The van der Waals surface area contributed by atoms with Crippen LogP contribution in [-0.2, 0) is 6.42 Å². The van der Waals surface area contributed by atoms with Gasteiger partial charge in [-0.2, -0.15) is 0 Å². The number of hydrogen-bond donors (Lipinski definition) is 2. The molecule has 0 amide bonds. The Labute approximate surface area is 136 Å². The third kappa shape index (κ3) is 3.77. The lowest BCUT2D eigenvalue weighted by atomic mass is 10.0. The molecule has 0 spiro atoms. The second-order valence-electron chi connectivity index (χ2n) is 5.36. The molecule has 2 N–H and O–H groups in total. The van der Waals surface area contributed by atoms with Gasteiger partial charge in [-0.15, -0.1) is 0 Å². The predicted octanol–water partition coefficient (Wildman–Crippen LogP) is 3.22. The summed E-state index contributed by atoms with van der Waals surface area (Å²) in [5, 5.41) is 7.40. The normalized spacial score (nSPS) is 16.3. The van der Waals surface area contributed by atoms with E-state index in [2.05, 4.69) is 41.0 Å². The monoisotopic (exact) mass is 312 g/mol. The van der Waals surface area contributed by atoms with Gasteiger partial charge in [0, 0.05) is 18.5 Å². The van der Waals surface area contributed by atoms with Gasteiger partial charge in [0.2, 0.25) is 0 Å². The Morgan fingerprint density at radius 1 is 1.09 bits per heavy atom. The summed E-state index contributed by atoms with van der Waals surface area (Å²) in [5.74, 6) is 0.957. The smallest absolute Gasteiger partial charge is 0.166 e. The van der Waals surface area contributed by atoms with Crippen molar-refractivity contribution in [2.45, 2.75) is 18.9 Å². The van der Waals surface area contributed by atoms with Crippen LogP contribution >= 0.6 is 12.2 Å². The molecule has 0 aromatic heterocycles. The molecule has 0 radical (unpaired) electrons. The lowest BCUT2D eigenvalue weighted by molar-refractivity contribution is 0.262. The molecular weight excluding hydrogens is 292 g/mol. The molecule has 0 saturated carbocycles. The van der Waals surface area contributed by atoms with Gasteiger partial charge in [0.1, 0.15) is 5.75 Å². The first-order valence-electron chi connectivity index (χ1n) is 7.63. The SMILES string of the molecule is S=C(NCCc1ccccc1)N[C@H]1CCOc2ccccc21. The van der Waals surface area contributed by atoms with E-state index in [4.69, 9.17) is 17.0 Å². The number of para-hydroxylation sites is 1. The zero-order valence-corrected chi connectivity index (χ0v) is 13.2. The molecule has 22 heavy (non-hydrogen) atoms. The maximum atomic E-state index is 5.67. The lowest BCUT2D eigenvalue weighted by Crippen LogP contribution is -2.40. The third-order valence-corrected chi connectivity index (χ3v) is 4.07. The fraction of sp³-hybridized carbons (Fsp3) is 0.278. The number of benzene rings is 2. The van der Waals surface area contributed by atoms with Crippen molar-refractivity contribution >= 4 is 17.3 Å². The van der Waals surface area contributed by atoms with Crippen molar-refractivity contribution in [1.29, 1.82) is 0 Å². The molecule has 1 atom stereocenters. The molecular formula is C18H20N2OS. The van der Waals surface area contributed by atoms with E-state index in [9.17, 15) is 0 Å². The highest BCUT2D eigenvalue weighted by molar-refractivity contribution is 7.80. The lowest BCUT2D eigenvalue weighted by Gasteiger charge is -2.27. The first-order chi connectivity index (χ1) is 10.8. The van der Waals surface area contributed by atoms with Gasteiger partial charge in [0.15, 0.2) is 5.11 Å². The van der Waals surface area contributed by atoms with Gasteiger partial charge in [-0.3, -0.25) is 0 Å². The summed E-state index contributed by atoms with van der Waals surface area (Å²) < 4.78 is 5.67. The second kappa shape index (κ2) is 7.27. The van der Waals surface area contributed by atoms with Crippen molar-refractivity contribution in [1.82, 2.24) is 10.6 Å². The summed E-state index contributed by atoms with van der Waals surface area (Å²) in [5.41, 5.74) is 2.50. The zero-order chi connectivity index (χ0) is 15.2. The van der Waals surface area contributed by atoms with Gasteiger partial charge in [0.25, 0.3) is 0 Å². The fourth-order valence-corrected chi connectivity index (χ4v) is 2.91. The second-order valence-corrected chi connectivity index (χ2v) is 5.77.